The highest BCUT2D eigenvalue weighted by Gasteiger charge is 2.32. The number of H-pyrrole nitrogens is 1. The fourth-order valence-electron chi connectivity index (χ4n) is 2.68. The molecule has 1 aliphatic rings. The molecule has 144 valence electrons. The average Bonchev–Trinajstić information content (AvgIpc) is 3.42. The first kappa shape index (κ1) is 19.2. The van der Waals surface area contributed by atoms with Crippen molar-refractivity contribution in [3.05, 3.63) is 45.5 Å². The molecule has 0 unspecified atom stereocenters. The van der Waals surface area contributed by atoms with E-state index in [4.69, 9.17) is 16.3 Å². The van der Waals surface area contributed by atoms with Gasteiger partial charge in [-0.3, -0.25) is 4.98 Å². The number of alkyl halides is 3. The molecule has 6 nitrogen and oxygen atoms in total. The molecule has 1 fully saturated rings. The van der Waals surface area contributed by atoms with Gasteiger partial charge >= 0.3 is 5.69 Å². The van der Waals surface area contributed by atoms with Crippen LogP contribution >= 0.6 is 11.6 Å². The van der Waals surface area contributed by atoms with Gasteiger partial charge < -0.3 is 4.74 Å². The Morgan fingerprint density at radius 2 is 1.89 bits per heavy atom. The minimum atomic E-state index is -1.75. The van der Waals surface area contributed by atoms with Crippen molar-refractivity contribution < 1.29 is 17.9 Å². The van der Waals surface area contributed by atoms with E-state index in [0.29, 0.717) is 16.6 Å². The summed E-state index contributed by atoms with van der Waals surface area (Å²) in [5.74, 6) is 0.326. The van der Waals surface area contributed by atoms with E-state index in [1.54, 1.807) is 12.1 Å². The first-order chi connectivity index (χ1) is 13.1. The summed E-state index contributed by atoms with van der Waals surface area (Å²) in [6.07, 6.45) is 2.07. The van der Waals surface area contributed by atoms with E-state index in [-0.39, 0.29) is 12.6 Å². The smallest absolute Gasteiger partial charge is 0.352 e. The lowest BCUT2D eigenvalue weighted by molar-refractivity contribution is 0.253. The summed E-state index contributed by atoms with van der Waals surface area (Å²) >= 11 is 5.97. The Balaban J connectivity index is 0.000000659. The second-order valence-electron chi connectivity index (χ2n) is 5.76. The zero-order valence-electron chi connectivity index (χ0n) is 14.1. The molecule has 0 spiro atoms. The van der Waals surface area contributed by atoms with Crippen molar-refractivity contribution in [1.82, 2.24) is 19.6 Å². The van der Waals surface area contributed by atoms with Crippen LogP contribution in [0.4, 0.5) is 13.2 Å². The maximum Gasteiger partial charge on any atom is 0.352 e. The Morgan fingerprint density at radius 3 is 2.48 bits per heavy atom. The number of fused-ring (bicyclic) bond motifs is 1. The Labute approximate surface area is 156 Å². The van der Waals surface area contributed by atoms with Crippen LogP contribution in [0, 0.1) is 0 Å². The number of hydrogen-bond acceptors (Lipinski definition) is 4. The third-order valence-electron chi connectivity index (χ3n) is 3.91. The fourth-order valence-corrected chi connectivity index (χ4v) is 2.80. The topological polar surface area (TPSA) is 72.3 Å². The highest BCUT2D eigenvalue weighted by atomic mass is 35.5. The normalized spacial score (nSPS) is 13.3. The highest BCUT2D eigenvalue weighted by molar-refractivity contribution is 6.30. The van der Waals surface area contributed by atoms with E-state index in [0.717, 1.165) is 29.7 Å². The summed E-state index contributed by atoms with van der Waals surface area (Å²) < 4.78 is 37.9. The predicted octanol–water partition coefficient (Wildman–Crippen LogP) is 3.85. The molecule has 2 aromatic heterocycles. The number of ether oxygens (including phenoxy) is 1. The van der Waals surface area contributed by atoms with E-state index < -0.39 is 19.3 Å². The number of benzene rings is 1. The van der Waals surface area contributed by atoms with Gasteiger partial charge in [-0.1, -0.05) is 23.7 Å². The van der Waals surface area contributed by atoms with Crippen molar-refractivity contribution in [2.75, 3.05) is 20.2 Å². The summed E-state index contributed by atoms with van der Waals surface area (Å²) in [6, 6.07) is 7.30. The number of aromatic amines is 1. The molecule has 3 aromatic rings. The molecule has 0 bridgehead atoms. The van der Waals surface area contributed by atoms with Crippen LogP contribution in [0.25, 0.3) is 16.8 Å². The SMILES string of the molecule is FCF.O=c1[nH]c(OCCF)nc2c(-c3ccc(Cl)cc3)c(C3CC3)nn12. The van der Waals surface area contributed by atoms with Gasteiger partial charge in [0.05, 0.1) is 11.3 Å². The van der Waals surface area contributed by atoms with Crippen LogP contribution in [0.3, 0.4) is 0 Å². The van der Waals surface area contributed by atoms with E-state index in [2.05, 4.69) is 15.1 Å². The lowest BCUT2D eigenvalue weighted by atomic mass is 10.0. The number of nitrogens with one attached hydrogen (secondary N) is 1. The van der Waals surface area contributed by atoms with Crippen molar-refractivity contribution in [2.24, 2.45) is 0 Å². The summed E-state index contributed by atoms with van der Waals surface area (Å²) in [5.41, 5.74) is 2.46. The zero-order chi connectivity index (χ0) is 19.4. The second-order valence-corrected chi connectivity index (χ2v) is 6.20. The lowest BCUT2D eigenvalue weighted by Gasteiger charge is -2.04. The van der Waals surface area contributed by atoms with Crippen molar-refractivity contribution in [2.45, 2.75) is 18.8 Å². The van der Waals surface area contributed by atoms with Crippen LogP contribution in [0.15, 0.2) is 29.1 Å². The number of halogens is 4. The van der Waals surface area contributed by atoms with Gasteiger partial charge in [0.25, 0.3) is 6.01 Å². The largest absolute Gasteiger partial charge is 0.462 e. The molecule has 0 atom stereocenters. The van der Waals surface area contributed by atoms with E-state index in [1.807, 2.05) is 12.1 Å². The molecule has 0 saturated heterocycles. The first-order valence-corrected chi connectivity index (χ1v) is 8.56. The van der Waals surface area contributed by atoms with Crippen LogP contribution in [-0.2, 0) is 0 Å². The predicted molar refractivity (Wildman–Crippen MR) is 94.6 cm³/mol. The van der Waals surface area contributed by atoms with Gasteiger partial charge in [0.1, 0.15) is 13.3 Å². The van der Waals surface area contributed by atoms with Gasteiger partial charge in [-0.05, 0) is 30.5 Å². The highest BCUT2D eigenvalue weighted by Crippen LogP contribution is 2.44. The number of rotatable bonds is 5. The lowest BCUT2D eigenvalue weighted by Crippen LogP contribution is -2.20. The van der Waals surface area contributed by atoms with Crippen molar-refractivity contribution in [3.8, 4) is 17.1 Å². The molecule has 27 heavy (non-hydrogen) atoms. The van der Waals surface area contributed by atoms with Gasteiger partial charge in [-0.25, -0.2) is 18.0 Å². The molecule has 0 aliphatic heterocycles. The Hall–Kier alpha value is -2.55. The Bertz CT molecular complexity index is 971. The molecule has 1 saturated carbocycles. The molecule has 1 aliphatic carbocycles. The molecular formula is C17H16ClF3N4O2. The molecule has 0 amide bonds. The minimum absolute atomic E-state index is 0.0115. The Kier molecular flexibility index (Phi) is 6.00. The quantitative estimate of drug-likeness (QED) is 0.706. The monoisotopic (exact) mass is 400 g/mol. The van der Waals surface area contributed by atoms with E-state index in [9.17, 15) is 18.0 Å². The van der Waals surface area contributed by atoms with Gasteiger partial charge in [0.15, 0.2) is 5.65 Å². The molecular weight excluding hydrogens is 385 g/mol. The number of nitrogens with zero attached hydrogens (tertiary/aromatic N) is 3. The molecule has 2 heterocycles. The fraction of sp³-hybridized carbons (Fsp3) is 0.353. The third kappa shape index (κ3) is 4.24. The zero-order valence-corrected chi connectivity index (χ0v) is 14.8. The molecule has 0 radical (unpaired) electrons. The number of aromatic nitrogens is 4. The third-order valence-corrected chi connectivity index (χ3v) is 4.17. The molecule has 4 rings (SSSR count). The van der Waals surface area contributed by atoms with Crippen LogP contribution < -0.4 is 10.4 Å². The van der Waals surface area contributed by atoms with Gasteiger partial charge in [0.2, 0.25) is 6.93 Å². The summed E-state index contributed by atoms with van der Waals surface area (Å²) in [7, 11) is 0. The minimum Gasteiger partial charge on any atom is -0.462 e. The summed E-state index contributed by atoms with van der Waals surface area (Å²) in [5, 5.41) is 5.07. The first-order valence-electron chi connectivity index (χ1n) is 8.18. The van der Waals surface area contributed by atoms with Gasteiger partial charge in [0, 0.05) is 10.9 Å². The average molecular weight is 401 g/mol. The van der Waals surface area contributed by atoms with E-state index >= 15 is 0 Å². The van der Waals surface area contributed by atoms with Crippen molar-refractivity contribution in [1.29, 1.82) is 0 Å². The van der Waals surface area contributed by atoms with Crippen molar-refractivity contribution >= 4 is 17.2 Å². The molecule has 1 aromatic carbocycles. The van der Waals surface area contributed by atoms with Crippen LogP contribution in [0.5, 0.6) is 6.01 Å². The second kappa shape index (κ2) is 8.43. The van der Waals surface area contributed by atoms with Gasteiger partial charge in [-0.15, -0.1) is 0 Å². The summed E-state index contributed by atoms with van der Waals surface area (Å²) in [6.45, 7) is -2.58. The van der Waals surface area contributed by atoms with Crippen LogP contribution in [0.2, 0.25) is 5.02 Å². The maximum absolute atomic E-state index is 12.3. The Morgan fingerprint density at radius 1 is 1.22 bits per heavy atom. The maximum atomic E-state index is 12.3. The number of hydrogen-bond donors (Lipinski definition) is 1. The summed E-state index contributed by atoms with van der Waals surface area (Å²) in [4.78, 5) is 19.1. The van der Waals surface area contributed by atoms with Crippen molar-refractivity contribution in [3.63, 3.8) is 0 Å². The van der Waals surface area contributed by atoms with Crippen LogP contribution in [0.1, 0.15) is 24.5 Å². The van der Waals surface area contributed by atoms with E-state index in [1.165, 1.54) is 4.52 Å². The molecule has 1 N–H and O–H groups in total. The molecule has 10 heteroatoms. The van der Waals surface area contributed by atoms with Gasteiger partial charge in [-0.2, -0.15) is 14.6 Å². The van der Waals surface area contributed by atoms with Crippen LogP contribution in [-0.4, -0.2) is 39.8 Å². The standard InChI is InChI=1S/C16H14ClFN4O2.CH2F2/c17-11-5-3-9(4-6-11)12-13(10-1-2-10)21-22-14(12)19-15(20-16(22)23)24-8-7-18;2-1-3/h3-6,10H,1-2,7-8H2,(H,19,20,23);1H2.